The van der Waals surface area contributed by atoms with Crippen LogP contribution in [-0.4, -0.2) is 30.1 Å². The van der Waals surface area contributed by atoms with Gasteiger partial charge < -0.3 is 9.64 Å². The van der Waals surface area contributed by atoms with Crippen molar-refractivity contribution >= 4 is 11.8 Å². The quantitative estimate of drug-likeness (QED) is 0.750. The van der Waals surface area contributed by atoms with Crippen LogP contribution >= 0.6 is 0 Å². The van der Waals surface area contributed by atoms with E-state index in [1.165, 1.54) is 0 Å². The topological polar surface area (TPSA) is 42.4 Å². The highest BCUT2D eigenvalue weighted by Crippen LogP contribution is 2.23. The first-order valence-corrected chi connectivity index (χ1v) is 6.17. The van der Waals surface area contributed by atoms with Crippen LogP contribution in [0.4, 0.5) is 5.82 Å². The van der Waals surface area contributed by atoms with Crippen LogP contribution in [-0.2, 0) is 9.53 Å². The lowest BCUT2D eigenvalue weighted by Gasteiger charge is -2.34. The van der Waals surface area contributed by atoms with Gasteiger partial charge in [0.2, 0.25) is 0 Å². The predicted octanol–water partition coefficient (Wildman–Crippen LogP) is 2.00. The Kier molecular flexibility index (Phi) is 3.96. The number of anilines is 1. The number of pyridine rings is 1. The van der Waals surface area contributed by atoms with Crippen LogP contribution in [0.5, 0.6) is 0 Å². The highest BCUT2D eigenvalue weighted by molar-refractivity contribution is 5.79. The van der Waals surface area contributed by atoms with E-state index in [9.17, 15) is 4.79 Å². The second-order valence-electron chi connectivity index (χ2n) is 4.14. The van der Waals surface area contributed by atoms with E-state index in [-0.39, 0.29) is 12.0 Å². The molecule has 92 valence electrons. The first-order valence-electron chi connectivity index (χ1n) is 6.17. The predicted molar refractivity (Wildman–Crippen MR) is 65.9 cm³/mol. The van der Waals surface area contributed by atoms with Gasteiger partial charge in [-0.3, -0.25) is 0 Å². The van der Waals surface area contributed by atoms with Crippen molar-refractivity contribution in [2.45, 2.75) is 32.2 Å². The number of esters is 1. The molecule has 0 radical (unpaired) electrons. The fourth-order valence-corrected chi connectivity index (χ4v) is 2.21. The van der Waals surface area contributed by atoms with Gasteiger partial charge in [0.25, 0.3) is 0 Å². The van der Waals surface area contributed by atoms with Crippen LogP contribution < -0.4 is 4.90 Å². The molecule has 1 fully saturated rings. The largest absolute Gasteiger partial charge is 0.464 e. The maximum absolute atomic E-state index is 11.9. The van der Waals surface area contributed by atoms with Crippen molar-refractivity contribution in [1.82, 2.24) is 4.98 Å². The highest BCUT2D eigenvalue weighted by Gasteiger charge is 2.30. The van der Waals surface area contributed by atoms with E-state index in [1.54, 1.807) is 6.20 Å². The molecule has 1 aromatic rings. The number of rotatable bonds is 3. The van der Waals surface area contributed by atoms with Crippen LogP contribution in [0.15, 0.2) is 24.4 Å². The lowest BCUT2D eigenvalue weighted by atomic mass is 10.0. The van der Waals surface area contributed by atoms with Gasteiger partial charge >= 0.3 is 5.97 Å². The molecule has 1 atom stereocenters. The summed E-state index contributed by atoms with van der Waals surface area (Å²) >= 11 is 0. The molecule has 0 amide bonds. The molecule has 17 heavy (non-hydrogen) atoms. The Bertz CT molecular complexity index is 367. The van der Waals surface area contributed by atoms with Gasteiger partial charge in [-0.25, -0.2) is 9.78 Å². The molecule has 1 aromatic heterocycles. The van der Waals surface area contributed by atoms with Crippen molar-refractivity contribution in [2.24, 2.45) is 0 Å². The molecule has 0 aliphatic carbocycles. The number of nitrogens with zero attached hydrogens (tertiary/aromatic N) is 2. The second kappa shape index (κ2) is 5.66. The fraction of sp³-hybridized carbons (Fsp3) is 0.538. The molecular weight excluding hydrogens is 216 g/mol. The molecule has 0 unspecified atom stereocenters. The monoisotopic (exact) mass is 234 g/mol. The Balaban J connectivity index is 2.15. The maximum Gasteiger partial charge on any atom is 0.328 e. The fourth-order valence-electron chi connectivity index (χ4n) is 2.21. The van der Waals surface area contributed by atoms with Gasteiger partial charge in [0.15, 0.2) is 0 Å². The average molecular weight is 234 g/mol. The normalized spacial score (nSPS) is 20.1. The van der Waals surface area contributed by atoms with Crippen LogP contribution in [0.2, 0.25) is 0 Å². The van der Waals surface area contributed by atoms with E-state index in [0.717, 1.165) is 31.6 Å². The Morgan fingerprint density at radius 2 is 2.41 bits per heavy atom. The first kappa shape index (κ1) is 11.9. The van der Waals surface area contributed by atoms with Crippen molar-refractivity contribution in [3.8, 4) is 0 Å². The number of hydrogen-bond acceptors (Lipinski definition) is 4. The van der Waals surface area contributed by atoms with Gasteiger partial charge in [-0.2, -0.15) is 0 Å². The number of carbonyl (C=O) groups is 1. The van der Waals surface area contributed by atoms with Crippen molar-refractivity contribution in [2.75, 3.05) is 18.1 Å². The Hall–Kier alpha value is -1.58. The molecule has 1 saturated heterocycles. The van der Waals surface area contributed by atoms with Crippen molar-refractivity contribution < 1.29 is 9.53 Å². The summed E-state index contributed by atoms with van der Waals surface area (Å²) in [5.74, 6) is 0.739. The lowest BCUT2D eigenvalue weighted by molar-refractivity contribution is -0.145. The van der Waals surface area contributed by atoms with Gasteiger partial charge in [-0.1, -0.05) is 6.07 Å². The summed E-state index contributed by atoms with van der Waals surface area (Å²) in [5.41, 5.74) is 0. The van der Waals surface area contributed by atoms with E-state index in [4.69, 9.17) is 4.74 Å². The lowest BCUT2D eigenvalue weighted by Crippen LogP contribution is -2.46. The van der Waals surface area contributed by atoms with Crippen molar-refractivity contribution in [3.05, 3.63) is 24.4 Å². The molecule has 0 bridgehead atoms. The Morgan fingerprint density at radius 1 is 1.53 bits per heavy atom. The minimum Gasteiger partial charge on any atom is -0.464 e. The van der Waals surface area contributed by atoms with E-state index in [2.05, 4.69) is 9.88 Å². The third-order valence-electron chi connectivity index (χ3n) is 3.01. The summed E-state index contributed by atoms with van der Waals surface area (Å²) in [7, 11) is 0. The van der Waals surface area contributed by atoms with E-state index >= 15 is 0 Å². The smallest absolute Gasteiger partial charge is 0.328 e. The number of ether oxygens (including phenoxy) is 1. The highest BCUT2D eigenvalue weighted by atomic mass is 16.5. The minimum absolute atomic E-state index is 0.127. The molecule has 2 rings (SSSR count). The van der Waals surface area contributed by atoms with Gasteiger partial charge in [-0.15, -0.1) is 0 Å². The Morgan fingerprint density at radius 3 is 3.12 bits per heavy atom. The number of carbonyl (C=O) groups excluding carboxylic acids is 1. The molecule has 4 heteroatoms. The standard InChI is InChI=1S/C13H18N2O2/c1-2-17-13(16)11-7-4-6-10-15(11)12-8-3-5-9-14-12/h3,5,8-9,11H,2,4,6-7,10H2,1H3/t11-/m0/s1. The van der Waals surface area contributed by atoms with Crippen LogP contribution in [0.1, 0.15) is 26.2 Å². The molecular formula is C13H18N2O2. The van der Waals surface area contributed by atoms with E-state index in [0.29, 0.717) is 6.61 Å². The molecule has 1 aliphatic rings. The zero-order chi connectivity index (χ0) is 12.1. The van der Waals surface area contributed by atoms with Gasteiger partial charge in [0.05, 0.1) is 6.61 Å². The summed E-state index contributed by atoms with van der Waals surface area (Å²) in [5, 5.41) is 0. The number of hydrogen-bond donors (Lipinski definition) is 0. The van der Waals surface area contributed by atoms with Crippen molar-refractivity contribution in [3.63, 3.8) is 0 Å². The van der Waals surface area contributed by atoms with Crippen LogP contribution in [0, 0.1) is 0 Å². The van der Waals surface area contributed by atoms with Gasteiger partial charge in [0, 0.05) is 12.7 Å². The summed E-state index contributed by atoms with van der Waals surface area (Å²) in [6.45, 7) is 3.15. The molecule has 1 aliphatic heterocycles. The third-order valence-corrected chi connectivity index (χ3v) is 3.01. The molecule has 0 N–H and O–H groups in total. The summed E-state index contributed by atoms with van der Waals surface area (Å²) < 4.78 is 5.12. The summed E-state index contributed by atoms with van der Waals surface area (Å²) in [6.07, 6.45) is 4.79. The number of aromatic nitrogens is 1. The summed E-state index contributed by atoms with van der Waals surface area (Å²) in [4.78, 5) is 18.3. The summed E-state index contributed by atoms with van der Waals surface area (Å²) in [6, 6.07) is 5.60. The molecule has 0 aromatic carbocycles. The minimum atomic E-state index is -0.168. The third kappa shape index (κ3) is 2.75. The number of piperidine rings is 1. The second-order valence-corrected chi connectivity index (χ2v) is 4.14. The van der Waals surface area contributed by atoms with E-state index < -0.39 is 0 Å². The van der Waals surface area contributed by atoms with E-state index in [1.807, 2.05) is 25.1 Å². The van der Waals surface area contributed by atoms with Crippen LogP contribution in [0.25, 0.3) is 0 Å². The molecule has 0 spiro atoms. The molecule has 2 heterocycles. The van der Waals surface area contributed by atoms with Crippen molar-refractivity contribution in [1.29, 1.82) is 0 Å². The van der Waals surface area contributed by atoms with Gasteiger partial charge in [0.1, 0.15) is 11.9 Å². The Labute approximate surface area is 102 Å². The first-order chi connectivity index (χ1) is 8.33. The molecule has 4 nitrogen and oxygen atoms in total. The molecule has 0 saturated carbocycles. The zero-order valence-electron chi connectivity index (χ0n) is 10.1. The van der Waals surface area contributed by atoms with Crippen LogP contribution in [0.3, 0.4) is 0 Å². The maximum atomic E-state index is 11.9. The SMILES string of the molecule is CCOC(=O)[C@@H]1CCCCN1c1ccccn1. The average Bonchev–Trinajstić information content (AvgIpc) is 2.40. The van der Waals surface area contributed by atoms with Gasteiger partial charge in [-0.05, 0) is 38.3 Å². The zero-order valence-corrected chi connectivity index (χ0v) is 10.1.